The Hall–Kier alpha value is -0.0200. The van der Waals surface area contributed by atoms with Crippen LogP contribution in [0.2, 0.25) is 0 Å². The van der Waals surface area contributed by atoms with Crippen molar-refractivity contribution in [2.75, 3.05) is 11.9 Å². The van der Waals surface area contributed by atoms with Gasteiger partial charge in [-0.15, -0.1) is 0 Å². The van der Waals surface area contributed by atoms with Crippen molar-refractivity contribution in [3.63, 3.8) is 0 Å². The third-order valence-electron chi connectivity index (χ3n) is 3.76. The first-order chi connectivity index (χ1) is 8.77. The maximum absolute atomic E-state index is 3.61. The minimum Gasteiger partial charge on any atom is -0.383 e. The van der Waals surface area contributed by atoms with Gasteiger partial charge in [-0.3, -0.25) is 0 Å². The minimum absolute atomic E-state index is 0.837. The lowest BCUT2D eigenvalue weighted by molar-refractivity contribution is 0.392. The summed E-state index contributed by atoms with van der Waals surface area (Å²) in [4.78, 5) is 0. The van der Waals surface area contributed by atoms with Crippen LogP contribution in [0.3, 0.4) is 0 Å². The van der Waals surface area contributed by atoms with E-state index in [-0.39, 0.29) is 0 Å². The van der Waals surface area contributed by atoms with Crippen molar-refractivity contribution in [3.8, 4) is 0 Å². The third-order valence-corrected chi connectivity index (χ3v) is 5.08. The van der Waals surface area contributed by atoms with E-state index in [9.17, 15) is 0 Å². The van der Waals surface area contributed by atoms with Crippen LogP contribution >= 0.6 is 31.9 Å². The Morgan fingerprint density at radius 3 is 2.11 bits per heavy atom. The molecular weight excluding hydrogens is 354 g/mol. The van der Waals surface area contributed by atoms with E-state index < -0.39 is 0 Å². The fourth-order valence-corrected chi connectivity index (χ4v) is 3.94. The lowest BCUT2D eigenvalue weighted by Gasteiger charge is -2.21. The molecule has 0 heterocycles. The smallest absolute Gasteiger partial charge is 0.0629 e. The molecule has 1 saturated carbocycles. The maximum Gasteiger partial charge on any atom is 0.0629 e. The van der Waals surface area contributed by atoms with E-state index in [1.807, 2.05) is 0 Å². The molecular formula is C15H21Br2N. The number of hydrogen-bond acceptors (Lipinski definition) is 1. The van der Waals surface area contributed by atoms with Gasteiger partial charge in [0.05, 0.1) is 5.69 Å². The van der Waals surface area contributed by atoms with Crippen molar-refractivity contribution >= 4 is 37.5 Å². The lowest BCUT2D eigenvalue weighted by Crippen LogP contribution is -2.16. The molecule has 1 aliphatic rings. The second-order valence-electron chi connectivity index (χ2n) is 5.19. The molecule has 0 atom stereocenters. The van der Waals surface area contributed by atoms with Crippen LogP contribution in [-0.4, -0.2) is 6.54 Å². The molecule has 0 amide bonds. The zero-order chi connectivity index (χ0) is 12.8. The second-order valence-corrected chi connectivity index (χ2v) is 6.90. The molecule has 1 aliphatic carbocycles. The molecule has 0 spiro atoms. The number of anilines is 1. The molecule has 100 valence electrons. The largest absolute Gasteiger partial charge is 0.383 e. The lowest BCUT2D eigenvalue weighted by atomic mass is 9.91. The standard InChI is InChI=1S/C15H21Br2N/c16-13-9-6-10-14(17)15(13)18-11-12-7-4-2-1-3-5-8-12/h6,9-10,12,18H,1-5,7-8,11H2. The number of benzene rings is 1. The summed E-state index contributed by atoms with van der Waals surface area (Å²) in [5.74, 6) is 0.837. The summed E-state index contributed by atoms with van der Waals surface area (Å²) in [6, 6.07) is 6.23. The van der Waals surface area contributed by atoms with Gasteiger partial charge < -0.3 is 5.32 Å². The van der Waals surface area contributed by atoms with Crippen LogP contribution in [0.1, 0.15) is 44.9 Å². The van der Waals surface area contributed by atoms with Crippen molar-refractivity contribution in [1.82, 2.24) is 0 Å². The molecule has 2 rings (SSSR count). The van der Waals surface area contributed by atoms with E-state index in [2.05, 4.69) is 55.4 Å². The Kier molecular flexibility index (Phi) is 6.03. The minimum atomic E-state index is 0.837. The van der Waals surface area contributed by atoms with Crippen LogP contribution < -0.4 is 5.32 Å². The van der Waals surface area contributed by atoms with Gasteiger partial charge in [-0.05, 0) is 62.8 Å². The number of rotatable bonds is 3. The number of para-hydroxylation sites is 1. The highest BCUT2D eigenvalue weighted by Gasteiger charge is 2.12. The van der Waals surface area contributed by atoms with E-state index in [1.54, 1.807) is 0 Å². The van der Waals surface area contributed by atoms with Crippen LogP contribution in [0.5, 0.6) is 0 Å². The Balaban J connectivity index is 1.89. The summed E-state index contributed by atoms with van der Waals surface area (Å²) in [7, 11) is 0. The average molecular weight is 375 g/mol. The Bertz CT molecular complexity index is 351. The number of halogens is 2. The Morgan fingerprint density at radius 2 is 1.50 bits per heavy atom. The summed E-state index contributed by atoms with van der Waals surface area (Å²) in [5.41, 5.74) is 1.19. The van der Waals surface area contributed by atoms with Gasteiger partial charge in [0, 0.05) is 15.5 Å². The first-order valence-corrected chi connectivity index (χ1v) is 8.54. The van der Waals surface area contributed by atoms with Gasteiger partial charge in [0.1, 0.15) is 0 Å². The molecule has 0 aromatic heterocycles. The van der Waals surface area contributed by atoms with E-state index >= 15 is 0 Å². The fraction of sp³-hybridized carbons (Fsp3) is 0.600. The molecule has 0 radical (unpaired) electrons. The van der Waals surface area contributed by atoms with Gasteiger partial charge in [0.2, 0.25) is 0 Å². The normalized spacial score (nSPS) is 18.1. The van der Waals surface area contributed by atoms with E-state index in [0.29, 0.717) is 0 Å². The van der Waals surface area contributed by atoms with Crippen molar-refractivity contribution in [2.45, 2.75) is 44.9 Å². The molecule has 1 aromatic carbocycles. The van der Waals surface area contributed by atoms with Gasteiger partial charge in [-0.2, -0.15) is 0 Å². The topological polar surface area (TPSA) is 12.0 Å². The fourth-order valence-electron chi connectivity index (χ4n) is 2.66. The first kappa shape index (κ1) is 14.4. The van der Waals surface area contributed by atoms with Crippen LogP contribution in [-0.2, 0) is 0 Å². The highest BCUT2D eigenvalue weighted by Crippen LogP contribution is 2.31. The third kappa shape index (κ3) is 4.27. The molecule has 0 unspecified atom stereocenters. The van der Waals surface area contributed by atoms with Gasteiger partial charge in [0.25, 0.3) is 0 Å². The summed E-state index contributed by atoms with van der Waals surface area (Å²) in [6.45, 7) is 1.10. The van der Waals surface area contributed by atoms with Crippen molar-refractivity contribution in [3.05, 3.63) is 27.1 Å². The van der Waals surface area contributed by atoms with Gasteiger partial charge in [-0.1, -0.05) is 38.2 Å². The molecule has 1 aromatic rings. The predicted molar refractivity (Wildman–Crippen MR) is 86.1 cm³/mol. The molecule has 3 heteroatoms. The monoisotopic (exact) mass is 373 g/mol. The van der Waals surface area contributed by atoms with E-state index in [4.69, 9.17) is 0 Å². The second kappa shape index (κ2) is 7.54. The average Bonchev–Trinajstić information content (AvgIpc) is 2.30. The zero-order valence-electron chi connectivity index (χ0n) is 10.7. The summed E-state index contributed by atoms with van der Waals surface area (Å²) in [6.07, 6.45) is 9.87. The SMILES string of the molecule is Brc1cccc(Br)c1NCC1CCCCCCC1. The summed E-state index contributed by atoms with van der Waals surface area (Å²) < 4.78 is 2.28. The van der Waals surface area contributed by atoms with Gasteiger partial charge >= 0.3 is 0 Å². The van der Waals surface area contributed by atoms with Crippen molar-refractivity contribution in [1.29, 1.82) is 0 Å². The Labute approximate surface area is 127 Å². The molecule has 0 saturated heterocycles. The maximum atomic E-state index is 3.61. The van der Waals surface area contributed by atoms with Crippen LogP contribution in [0.15, 0.2) is 27.1 Å². The molecule has 0 aliphatic heterocycles. The van der Waals surface area contributed by atoms with Crippen LogP contribution in [0, 0.1) is 5.92 Å². The first-order valence-electron chi connectivity index (χ1n) is 6.95. The molecule has 0 bridgehead atoms. The molecule has 18 heavy (non-hydrogen) atoms. The number of nitrogens with one attached hydrogen (secondary N) is 1. The molecule has 1 fully saturated rings. The van der Waals surface area contributed by atoms with Gasteiger partial charge in [0.15, 0.2) is 0 Å². The number of hydrogen-bond donors (Lipinski definition) is 1. The van der Waals surface area contributed by atoms with Crippen LogP contribution in [0.4, 0.5) is 5.69 Å². The van der Waals surface area contributed by atoms with Gasteiger partial charge in [-0.25, -0.2) is 0 Å². The molecule has 1 N–H and O–H groups in total. The van der Waals surface area contributed by atoms with Crippen LogP contribution in [0.25, 0.3) is 0 Å². The summed E-state index contributed by atoms with van der Waals surface area (Å²) in [5, 5.41) is 3.61. The zero-order valence-corrected chi connectivity index (χ0v) is 13.9. The van der Waals surface area contributed by atoms with E-state index in [0.717, 1.165) is 21.4 Å². The quantitative estimate of drug-likeness (QED) is 0.685. The van der Waals surface area contributed by atoms with Crippen molar-refractivity contribution < 1.29 is 0 Å². The van der Waals surface area contributed by atoms with E-state index in [1.165, 1.54) is 50.6 Å². The predicted octanol–water partition coefficient (Wildman–Crippen LogP) is 5.98. The molecule has 1 nitrogen and oxygen atoms in total. The highest BCUT2D eigenvalue weighted by molar-refractivity contribution is 9.11. The highest BCUT2D eigenvalue weighted by atomic mass is 79.9. The van der Waals surface area contributed by atoms with Crippen molar-refractivity contribution in [2.24, 2.45) is 5.92 Å². The summed E-state index contributed by atoms with van der Waals surface area (Å²) >= 11 is 7.22. The Morgan fingerprint density at radius 1 is 0.944 bits per heavy atom.